The van der Waals surface area contributed by atoms with Crippen LogP contribution in [0.4, 0.5) is 11.4 Å². The highest BCUT2D eigenvalue weighted by Gasteiger charge is 2.19. The summed E-state index contributed by atoms with van der Waals surface area (Å²) in [5.74, 6) is 0. The highest BCUT2D eigenvalue weighted by atomic mass is 79.9. The van der Waals surface area contributed by atoms with Crippen molar-refractivity contribution >= 4 is 38.6 Å². The molecule has 8 heteroatoms. The fourth-order valence-electron chi connectivity index (χ4n) is 3.18. The minimum absolute atomic E-state index is 0.232. The summed E-state index contributed by atoms with van der Waals surface area (Å²) in [5.41, 5.74) is 3.06. The first-order chi connectivity index (χ1) is 15.7. The van der Waals surface area contributed by atoms with Crippen molar-refractivity contribution in [3.05, 3.63) is 106 Å². The maximum atomic E-state index is 13.3. The van der Waals surface area contributed by atoms with E-state index < -0.39 is 0 Å². The lowest BCUT2D eigenvalue weighted by Gasteiger charge is -1.99. The smallest absolute Gasteiger partial charge is 0.286 e. The summed E-state index contributed by atoms with van der Waals surface area (Å²) in [6, 6.07) is 27.0. The van der Waals surface area contributed by atoms with Crippen LogP contribution in [0, 0.1) is 0 Å². The minimum Gasteiger partial charge on any atom is -0.286 e. The van der Waals surface area contributed by atoms with Crippen LogP contribution in [0.15, 0.2) is 111 Å². The monoisotopic (exact) mass is 501 g/mol. The van der Waals surface area contributed by atoms with E-state index in [1.807, 2.05) is 84.9 Å². The zero-order chi connectivity index (χ0) is 21.9. The number of rotatable bonds is 5. The highest BCUT2D eigenvalue weighted by Crippen LogP contribution is 2.31. The van der Waals surface area contributed by atoms with E-state index in [-0.39, 0.29) is 11.2 Å². The SMILES string of the molecule is O=c1c(N=Nc2ccc(Br)cc2)c(-c2ccccc2)[nH]n1-c1ncc(-c2ccccc2)s1. The number of hydrogen-bond donors (Lipinski definition) is 1. The van der Waals surface area contributed by atoms with E-state index in [4.69, 9.17) is 0 Å². The largest absolute Gasteiger partial charge is 0.301 e. The van der Waals surface area contributed by atoms with Gasteiger partial charge in [0.05, 0.1) is 16.3 Å². The van der Waals surface area contributed by atoms with Gasteiger partial charge in [-0.05, 0) is 29.8 Å². The normalized spacial score (nSPS) is 11.3. The average molecular weight is 502 g/mol. The Kier molecular flexibility index (Phi) is 5.62. The summed E-state index contributed by atoms with van der Waals surface area (Å²) >= 11 is 4.84. The Bertz CT molecular complexity index is 1440. The third-order valence-electron chi connectivity index (χ3n) is 4.76. The number of nitrogens with zero attached hydrogens (tertiary/aromatic N) is 4. The van der Waals surface area contributed by atoms with E-state index in [0.717, 1.165) is 20.5 Å². The summed E-state index contributed by atoms with van der Waals surface area (Å²) in [6.07, 6.45) is 1.77. The number of benzene rings is 3. The van der Waals surface area contributed by atoms with Crippen LogP contribution in [0.5, 0.6) is 0 Å². The van der Waals surface area contributed by atoms with Gasteiger partial charge in [-0.25, -0.2) is 4.98 Å². The molecule has 0 fully saturated rings. The molecule has 2 aromatic heterocycles. The van der Waals surface area contributed by atoms with Gasteiger partial charge >= 0.3 is 5.56 Å². The molecule has 1 N–H and O–H groups in total. The maximum absolute atomic E-state index is 13.3. The number of thiazole rings is 1. The van der Waals surface area contributed by atoms with Gasteiger partial charge in [-0.3, -0.25) is 9.89 Å². The van der Waals surface area contributed by atoms with Crippen molar-refractivity contribution in [1.82, 2.24) is 14.8 Å². The van der Waals surface area contributed by atoms with Crippen LogP contribution < -0.4 is 5.56 Å². The van der Waals surface area contributed by atoms with Crippen LogP contribution in [0.25, 0.3) is 26.8 Å². The van der Waals surface area contributed by atoms with E-state index >= 15 is 0 Å². The second-order valence-corrected chi connectivity index (χ2v) is 8.82. The van der Waals surface area contributed by atoms with Gasteiger partial charge in [-0.1, -0.05) is 87.9 Å². The van der Waals surface area contributed by atoms with Gasteiger partial charge < -0.3 is 0 Å². The van der Waals surface area contributed by atoms with Crippen molar-refractivity contribution in [3.63, 3.8) is 0 Å². The van der Waals surface area contributed by atoms with Gasteiger partial charge in [0, 0.05) is 16.2 Å². The molecule has 5 aromatic rings. The molecule has 0 atom stereocenters. The molecule has 0 saturated carbocycles. The van der Waals surface area contributed by atoms with Crippen molar-refractivity contribution in [2.45, 2.75) is 0 Å². The third-order valence-corrected chi connectivity index (χ3v) is 6.32. The Labute approximate surface area is 196 Å². The number of azo groups is 1. The van der Waals surface area contributed by atoms with Crippen LogP contribution in [0.3, 0.4) is 0 Å². The third kappa shape index (κ3) is 4.10. The molecule has 0 unspecified atom stereocenters. The van der Waals surface area contributed by atoms with Crippen molar-refractivity contribution in [1.29, 1.82) is 0 Å². The predicted octanol–water partition coefficient (Wildman–Crippen LogP) is 7.13. The molecule has 0 bridgehead atoms. The lowest BCUT2D eigenvalue weighted by atomic mass is 10.1. The molecule has 0 radical (unpaired) electrons. The van der Waals surface area contributed by atoms with E-state index in [2.05, 4.69) is 36.2 Å². The molecule has 6 nitrogen and oxygen atoms in total. The van der Waals surface area contributed by atoms with Crippen LogP contribution in [-0.4, -0.2) is 14.8 Å². The molecular weight excluding hydrogens is 486 g/mol. The van der Waals surface area contributed by atoms with Crippen LogP contribution in [-0.2, 0) is 0 Å². The summed E-state index contributed by atoms with van der Waals surface area (Å²) in [6.45, 7) is 0. The lowest BCUT2D eigenvalue weighted by Crippen LogP contribution is -2.13. The first kappa shape index (κ1) is 20.3. The van der Waals surface area contributed by atoms with Crippen LogP contribution in [0.1, 0.15) is 0 Å². The zero-order valence-electron chi connectivity index (χ0n) is 16.6. The molecule has 0 aliphatic rings. The fourth-order valence-corrected chi connectivity index (χ4v) is 4.33. The van der Waals surface area contributed by atoms with Crippen LogP contribution in [0.2, 0.25) is 0 Å². The minimum atomic E-state index is -0.307. The summed E-state index contributed by atoms with van der Waals surface area (Å²) in [4.78, 5) is 18.8. The number of H-pyrrole nitrogens is 1. The first-order valence-electron chi connectivity index (χ1n) is 9.78. The maximum Gasteiger partial charge on any atom is 0.301 e. The predicted molar refractivity (Wildman–Crippen MR) is 131 cm³/mol. The van der Waals surface area contributed by atoms with Crippen molar-refractivity contribution in [2.24, 2.45) is 10.2 Å². The second kappa shape index (κ2) is 8.86. The van der Waals surface area contributed by atoms with Gasteiger partial charge in [0.2, 0.25) is 5.13 Å². The second-order valence-electron chi connectivity index (χ2n) is 6.89. The summed E-state index contributed by atoms with van der Waals surface area (Å²) in [5, 5.41) is 12.3. The fraction of sp³-hybridized carbons (Fsp3) is 0. The molecule has 156 valence electrons. The molecule has 0 aliphatic heterocycles. The molecule has 0 spiro atoms. The van der Waals surface area contributed by atoms with Gasteiger partial charge in [-0.15, -0.1) is 5.11 Å². The standard InChI is InChI=1S/C24H16BrN5OS/c25-18-11-13-19(14-12-18)27-28-22-21(17-9-5-2-6-10-17)29-30(23(22)31)24-26-15-20(32-24)16-7-3-1-4-8-16/h1-15,29H. The highest BCUT2D eigenvalue weighted by molar-refractivity contribution is 9.10. The number of nitrogens with one attached hydrogen (secondary N) is 1. The Balaban J connectivity index is 1.60. The van der Waals surface area contributed by atoms with Gasteiger partial charge in [0.15, 0.2) is 5.69 Å². The molecule has 2 heterocycles. The van der Waals surface area contributed by atoms with Crippen LogP contribution >= 0.6 is 27.3 Å². The molecular formula is C24H16BrN5OS. The average Bonchev–Trinajstić information content (AvgIpc) is 3.45. The molecule has 32 heavy (non-hydrogen) atoms. The Hall–Kier alpha value is -3.62. The van der Waals surface area contributed by atoms with Crippen molar-refractivity contribution < 1.29 is 0 Å². The van der Waals surface area contributed by atoms with Gasteiger partial charge in [0.1, 0.15) is 0 Å². The Morgan fingerprint density at radius 2 is 1.50 bits per heavy atom. The molecule has 0 amide bonds. The quantitative estimate of drug-likeness (QED) is 0.260. The van der Waals surface area contributed by atoms with E-state index in [1.54, 1.807) is 6.20 Å². The Morgan fingerprint density at radius 3 is 2.19 bits per heavy atom. The Morgan fingerprint density at radius 1 is 0.844 bits per heavy atom. The first-order valence-corrected chi connectivity index (χ1v) is 11.4. The summed E-state index contributed by atoms with van der Waals surface area (Å²) in [7, 11) is 0. The number of halogens is 1. The van der Waals surface area contributed by atoms with E-state index in [0.29, 0.717) is 16.5 Å². The molecule has 0 saturated heterocycles. The van der Waals surface area contributed by atoms with Gasteiger partial charge in [0.25, 0.3) is 0 Å². The van der Waals surface area contributed by atoms with E-state index in [1.165, 1.54) is 16.0 Å². The number of aromatic amines is 1. The van der Waals surface area contributed by atoms with Crippen molar-refractivity contribution in [2.75, 3.05) is 0 Å². The van der Waals surface area contributed by atoms with Crippen molar-refractivity contribution in [3.8, 4) is 26.8 Å². The number of aromatic nitrogens is 3. The van der Waals surface area contributed by atoms with Gasteiger partial charge in [-0.2, -0.15) is 9.80 Å². The topological polar surface area (TPSA) is 75.4 Å². The molecule has 0 aliphatic carbocycles. The zero-order valence-corrected chi connectivity index (χ0v) is 19.0. The summed E-state index contributed by atoms with van der Waals surface area (Å²) < 4.78 is 2.37. The lowest BCUT2D eigenvalue weighted by molar-refractivity contribution is 0.842. The molecule has 5 rings (SSSR count). The molecule has 3 aromatic carbocycles. The number of hydrogen-bond acceptors (Lipinski definition) is 5. The van der Waals surface area contributed by atoms with E-state index in [9.17, 15) is 4.79 Å².